The number of nitrogens with one attached hydrogen (secondary N) is 2. The van der Waals surface area contributed by atoms with Gasteiger partial charge in [-0.3, -0.25) is 4.79 Å². The lowest BCUT2D eigenvalue weighted by Gasteiger charge is -2.46. The van der Waals surface area contributed by atoms with Crippen LogP contribution < -0.4 is 15.5 Å². The first-order valence-electron chi connectivity index (χ1n) is 9.34. The molecule has 0 bridgehead atoms. The molecule has 1 aromatic heterocycles. The van der Waals surface area contributed by atoms with Crippen molar-refractivity contribution in [1.82, 2.24) is 20.6 Å². The Labute approximate surface area is 150 Å². The average molecular weight is 345 g/mol. The van der Waals surface area contributed by atoms with Crippen molar-refractivity contribution in [3.8, 4) is 0 Å². The number of amides is 1. The lowest BCUT2D eigenvalue weighted by molar-refractivity contribution is 0.0868. The van der Waals surface area contributed by atoms with Gasteiger partial charge in [0.25, 0.3) is 5.91 Å². The van der Waals surface area contributed by atoms with Crippen molar-refractivity contribution in [3.05, 3.63) is 17.5 Å². The molecule has 0 spiro atoms. The standard InChI is InChI=1S/C19H31N5O/c1-13-10-15(22-17(20-13)24-8-6-7-9-24)16(25)21-14-11-18(2,3)23-19(4,5)12-14/h10,14,23H,6-9,11-12H2,1-5H3,(H,21,25). The van der Waals surface area contributed by atoms with E-state index in [9.17, 15) is 4.79 Å². The summed E-state index contributed by atoms with van der Waals surface area (Å²) in [6.45, 7) is 12.6. The number of carbonyl (C=O) groups is 1. The van der Waals surface area contributed by atoms with Crippen molar-refractivity contribution in [3.63, 3.8) is 0 Å². The van der Waals surface area contributed by atoms with Crippen LogP contribution in [0, 0.1) is 6.92 Å². The van der Waals surface area contributed by atoms with Gasteiger partial charge >= 0.3 is 0 Å². The molecular formula is C19H31N5O. The fourth-order valence-electron chi connectivity index (χ4n) is 4.41. The molecule has 0 atom stereocenters. The van der Waals surface area contributed by atoms with Crippen LogP contribution in [0.5, 0.6) is 0 Å². The number of anilines is 1. The molecule has 6 nitrogen and oxygen atoms in total. The van der Waals surface area contributed by atoms with Crippen LogP contribution in [0.1, 0.15) is 69.6 Å². The molecule has 2 fully saturated rings. The van der Waals surface area contributed by atoms with Gasteiger partial charge in [0.05, 0.1) is 0 Å². The number of piperidine rings is 1. The van der Waals surface area contributed by atoms with Crippen molar-refractivity contribution in [2.45, 2.75) is 77.4 Å². The maximum absolute atomic E-state index is 12.8. The molecule has 2 N–H and O–H groups in total. The quantitative estimate of drug-likeness (QED) is 0.880. The van der Waals surface area contributed by atoms with Gasteiger partial charge in [-0.25, -0.2) is 9.97 Å². The molecule has 1 aromatic rings. The highest BCUT2D eigenvalue weighted by Gasteiger charge is 2.38. The SMILES string of the molecule is Cc1cc(C(=O)NC2CC(C)(C)NC(C)(C)C2)nc(N2CCCC2)n1. The average Bonchev–Trinajstić information content (AvgIpc) is 2.97. The summed E-state index contributed by atoms with van der Waals surface area (Å²) in [5, 5.41) is 6.85. The molecule has 0 aromatic carbocycles. The molecule has 2 aliphatic rings. The van der Waals surface area contributed by atoms with Crippen LogP contribution in [-0.4, -0.2) is 46.1 Å². The highest BCUT2D eigenvalue weighted by atomic mass is 16.2. The lowest BCUT2D eigenvalue weighted by atomic mass is 9.79. The number of aryl methyl sites for hydroxylation is 1. The van der Waals surface area contributed by atoms with Crippen LogP contribution >= 0.6 is 0 Å². The molecule has 0 saturated carbocycles. The Hall–Kier alpha value is -1.69. The summed E-state index contributed by atoms with van der Waals surface area (Å²) in [7, 11) is 0. The molecule has 6 heteroatoms. The number of hydrogen-bond donors (Lipinski definition) is 2. The molecule has 138 valence electrons. The van der Waals surface area contributed by atoms with E-state index < -0.39 is 0 Å². The van der Waals surface area contributed by atoms with Gasteiger partial charge in [0, 0.05) is 35.9 Å². The van der Waals surface area contributed by atoms with Gasteiger partial charge in [0.1, 0.15) is 5.69 Å². The zero-order chi connectivity index (χ0) is 18.2. The van der Waals surface area contributed by atoms with E-state index >= 15 is 0 Å². The Morgan fingerprint density at radius 1 is 1.16 bits per heavy atom. The van der Waals surface area contributed by atoms with E-state index in [2.05, 4.69) is 53.2 Å². The predicted octanol–water partition coefficient (Wildman–Crippen LogP) is 2.42. The monoisotopic (exact) mass is 345 g/mol. The Bertz CT molecular complexity index is 633. The first-order valence-corrected chi connectivity index (χ1v) is 9.34. The minimum Gasteiger partial charge on any atom is -0.348 e. The summed E-state index contributed by atoms with van der Waals surface area (Å²) in [5.74, 6) is 0.595. The second kappa shape index (κ2) is 6.56. The summed E-state index contributed by atoms with van der Waals surface area (Å²) in [6.07, 6.45) is 4.15. The Morgan fingerprint density at radius 3 is 2.36 bits per heavy atom. The highest BCUT2D eigenvalue weighted by molar-refractivity contribution is 5.92. The maximum Gasteiger partial charge on any atom is 0.270 e. The minimum absolute atomic E-state index is 0.00198. The molecule has 0 radical (unpaired) electrons. The molecular weight excluding hydrogens is 314 g/mol. The number of nitrogens with zero attached hydrogens (tertiary/aromatic N) is 3. The van der Waals surface area contributed by atoms with Gasteiger partial charge in [-0.1, -0.05) is 0 Å². The van der Waals surface area contributed by atoms with E-state index in [1.807, 2.05) is 6.92 Å². The van der Waals surface area contributed by atoms with Gasteiger partial charge in [0.15, 0.2) is 0 Å². The largest absolute Gasteiger partial charge is 0.348 e. The van der Waals surface area contributed by atoms with Gasteiger partial charge < -0.3 is 15.5 Å². The molecule has 1 amide bonds. The van der Waals surface area contributed by atoms with Crippen molar-refractivity contribution in [1.29, 1.82) is 0 Å². The molecule has 3 rings (SSSR count). The Morgan fingerprint density at radius 2 is 1.76 bits per heavy atom. The zero-order valence-corrected chi connectivity index (χ0v) is 16.1. The third-order valence-electron chi connectivity index (χ3n) is 4.99. The van der Waals surface area contributed by atoms with Gasteiger partial charge in [-0.15, -0.1) is 0 Å². The van der Waals surface area contributed by atoms with Crippen molar-refractivity contribution >= 4 is 11.9 Å². The van der Waals surface area contributed by atoms with Crippen LogP contribution in [0.3, 0.4) is 0 Å². The van der Waals surface area contributed by atoms with Crippen LogP contribution in [-0.2, 0) is 0 Å². The van der Waals surface area contributed by atoms with Gasteiger partial charge in [0.2, 0.25) is 5.95 Å². The lowest BCUT2D eigenvalue weighted by Crippen LogP contribution is -2.62. The van der Waals surface area contributed by atoms with Crippen LogP contribution in [0.25, 0.3) is 0 Å². The highest BCUT2D eigenvalue weighted by Crippen LogP contribution is 2.28. The Balaban J connectivity index is 1.74. The second-order valence-corrected chi connectivity index (χ2v) is 8.86. The number of carbonyl (C=O) groups excluding carboxylic acids is 1. The van der Waals surface area contributed by atoms with Crippen molar-refractivity contribution < 1.29 is 4.79 Å². The topological polar surface area (TPSA) is 70.2 Å². The van der Waals surface area contributed by atoms with E-state index in [1.54, 1.807) is 6.07 Å². The molecule has 3 heterocycles. The summed E-state index contributed by atoms with van der Waals surface area (Å²) in [4.78, 5) is 24.0. The first-order chi connectivity index (χ1) is 11.6. The normalized spacial score (nSPS) is 22.8. The molecule has 25 heavy (non-hydrogen) atoms. The van der Waals surface area contributed by atoms with Crippen molar-refractivity contribution in [2.24, 2.45) is 0 Å². The molecule has 0 unspecified atom stereocenters. The van der Waals surface area contributed by atoms with E-state index in [4.69, 9.17) is 0 Å². The zero-order valence-electron chi connectivity index (χ0n) is 16.1. The Kier molecular flexibility index (Phi) is 4.75. The fourth-order valence-corrected chi connectivity index (χ4v) is 4.41. The summed E-state index contributed by atoms with van der Waals surface area (Å²) in [5.41, 5.74) is 1.32. The second-order valence-electron chi connectivity index (χ2n) is 8.86. The number of aromatic nitrogens is 2. The van der Waals surface area contributed by atoms with Gasteiger partial charge in [-0.05, 0) is 66.4 Å². The van der Waals surface area contributed by atoms with E-state index in [-0.39, 0.29) is 23.0 Å². The van der Waals surface area contributed by atoms with Crippen molar-refractivity contribution in [2.75, 3.05) is 18.0 Å². The third kappa shape index (κ3) is 4.48. The maximum atomic E-state index is 12.8. The molecule has 0 aliphatic carbocycles. The van der Waals surface area contributed by atoms with E-state index in [1.165, 1.54) is 0 Å². The molecule has 2 aliphatic heterocycles. The van der Waals surface area contributed by atoms with Crippen LogP contribution in [0.15, 0.2) is 6.07 Å². The van der Waals surface area contributed by atoms with Crippen LogP contribution in [0.2, 0.25) is 0 Å². The fraction of sp³-hybridized carbons (Fsp3) is 0.737. The number of hydrogen-bond acceptors (Lipinski definition) is 5. The third-order valence-corrected chi connectivity index (χ3v) is 4.99. The first kappa shape index (κ1) is 18.1. The predicted molar refractivity (Wildman–Crippen MR) is 100.0 cm³/mol. The number of rotatable bonds is 3. The van der Waals surface area contributed by atoms with E-state index in [0.717, 1.165) is 44.5 Å². The smallest absolute Gasteiger partial charge is 0.270 e. The van der Waals surface area contributed by atoms with Gasteiger partial charge in [-0.2, -0.15) is 0 Å². The van der Waals surface area contributed by atoms with Crippen LogP contribution in [0.4, 0.5) is 5.95 Å². The molecule has 2 saturated heterocycles. The summed E-state index contributed by atoms with van der Waals surface area (Å²) in [6, 6.07) is 1.93. The summed E-state index contributed by atoms with van der Waals surface area (Å²) >= 11 is 0. The van der Waals surface area contributed by atoms with E-state index in [0.29, 0.717) is 11.6 Å². The minimum atomic E-state index is -0.0931. The summed E-state index contributed by atoms with van der Waals surface area (Å²) < 4.78 is 0.